The van der Waals surface area contributed by atoms with Crippen molar-refractivity contribution >= 4 is 25.5 Å². The predicted octanol–water partition coefficient (Wildman–Crippen LogP) is 11.7. The summed E-state index contributed by atoms with van der Waals surface area (Å²) in [6, 6.07) is 0. The van der Waals surface area contributed by atoms with Crippen molar-refractivity contribution in [2.75, 3.05) is 47.5 Å². The summed E-state index contributed by atoms with van der Waals surface area (Å²) < 4.78 is 40.1. The number of hydrogen-bond donors (Lipinski definition) is 0. The molecular weight excluding hydrogens is 806 g/mol. The second kappa shape index (κ2) is 35.3. The summed E-state index contributed by atoms with van der Waals surface area (Å²) in [5.74, 6) is 1.53. The van der Waals surface area contributed by atoms with Crippen molar-refractivity contribution in [2.24, 2.45) is 0 Å². The van der Waals surface area contributed by atoms with E-state index in [-0.39, 0.29) is 31.8 Å². The first-order valence-electron chi connectivity index (χ1n) is 23.7. The van der Waals surface area contributed by atoms with E-state index in [2.05, 4.69) is 39.8 Å². The molecule has 0 bridgehead atoms. The standard InChI is InChI=1S/C50H84NO10P/c1-8-10-27-33-45(52)34-29-23-19-15-13-12-14-16-22-26-32-38-50(54)60-46(42-59-62(55,56)58-40-39-51(5,6)7)41-57-49(53)37-31-25-21-18-17-20-24-30-36-48-44(4)43(3)47(61-48)35-28-11-9-2/h12-13,16,19,22-23,29,34,46H,8-11,14-15,17-18,20-21,24-28,30-33,35-42H2,1-7H3/b13-12-,22-16-,23-19-,34-29+/t46-/m1/s1. The van der Waals surface area contributed by atoms with Crippen LogP contribution in [0.5, 0.6) is 0 Å². The Labute approximate surface area is 376 Å². The molecule has 0 aliphatic heterocycles. The highest BCUT2D eigenvalue weighted by molar-refractivity contribution is 7.45. The van der Waals surface area contributed by atoms with Crippen LogP contribution in [-0.4, -0.2) is 75.8 Å². The number of phosphoric ester groups is 1. The van der Waals surface area contributed by atoms with Crippen molar-refractivity contribution in [2.45, 2.75) is 181 Å². The minimum atomic E-state index is -4.67. The monoisotopic (exact) mass is 890 g/mol. The molecule has 11 nitrogen and oxygen atoms in total. The molecule has 0 radical (unpaired) electrons. The number of hydrogen-bond acceptors (Lipinski definition) is 10. The maximum atomic E-state index is 12.7. The average Bonchev–Trinajstić information content (AvgIpc) is 3.48. The highest BCUT2D eigenvalue weighted by Crippen LogP contribution is 2.38. The van der Waals surface area contributed by atoms with Crippen LogP contribution in [0.2, 0.25) is 0 Å². The number of phosphoric acid groups is 1. The molecule has 0 spiro atoms. The number of furan rings is 1. The second-order valence-corrected chi connectivity index (χ2v) is 18.8. The molecule has 0 aromatic carbocycles. The largest absolute Gasteiger partial charge is 0.756 e. The van der Waals surface area contributed by atoms with Gasteiger partial charge in [0, 0.05) is 32.1 Å². The lowest BCUT2D eigenvalue weighted by Gasteiger charge is -2.28. The number of ketones is 1. The predicted molar refractivity (Wildman–Crippen MR) is 249 cm³/mol. The van der Waals surface area contributed by atoms with Crippen LogP contribution in [-0.2, 0) is 50.3 Å². The lowest BCUT2D eigenvalue weighted by atomic mass is 10.0. The molecule has 0 saturated heterocycles. The molecule has 0 amide bonds. The van der Waals surface area contributed by atoms with Gasteiger partial charge in [-0.2, -0.15) is 0 Å². The van der Waals surface area contributed by atoms with Crippen LogP contribution in [0.4, 0.5) is 0 Å². The molecule has 12 heteroatoms. The van der Waals surface area contributed by atoms with E-state index in [4.69, 9.17) is 22.9 Å². The molecule has 0 fully saturated rings. The van der Waals surface area contributed by atoms with Crippen molar-refractivity contribution < 1.29 is 51.3 Å². The zero-order valence-electron chi connectivity index (χ0n) is 39.8. The van der Waals surface area contributed by atoms with Crippen LogP contribution >= 0.6 is 7.82 Å². The van der Waals surface area contributed by atoms with Crippen LogP contribution in [0.1, 0.15) is 171 Å². The number of nitrogens with zero attached hydrogens (tertiary/aromatic N) is 1. The summed E-state index contributed by atoms with van der Waals surface area (Å²) >= 11 is 0. The Kier molecular flexibility index (Phi) is 32.4. The molecule has 0 N–H and O–H groups in total. The molecule has 1 aromatic heterocycles. The molecule has 0 saturated carbocycles. The molecule has 62 heavy (non-hydrogen) atoms. The van der Waals surface area contributed by atoms with Gasteiger partial charge in [0.15, 0.2) is 11.9 Å². The Morgan fingerprint density at radius 1 is 0.661 bits per heavy atom. The van der Waals surface area contributed by atoms with E-state index < -0.39 is 32.5 Å². The van der Waals surface area contributed by atoms with Crippen LogP contribution < -0.4 is 4.89 Å². The number of rotatable bonds is 39. The van der Waals surface area contributed by atoms with Gasteiger partial charge in [-0.25, -0.2) is 0 Å². The van der Waals surface area contributed by atoms with Crippen LogP contribution in [0.25, 0.3) is 0 Å². The Morgan fingerprint density at radius 3 is 1.85 bits per heavy atom. The average molecular weight is 890 g/mol. The Balaban J connectivity index is 2.39. The molecule has 0 aliphatic rings. The Bertz CT molecular complexity index is 1540. The molecular formula is C50H84NO10P. The highest BCUT2D eigenvalue weighted by atomic mass is 31.2. The van der Waals surface area contributed by atoms with E-state index in [1.54, 1.807) is 12.2 Å². The third kappa shape index (κ3) is 31.7. The normalized spacial score (nSPS) is 13.8. The number of likely N-dealkylation sites (N-methyl/N-ethyl adjacent to an activating group) is 1. The number of quaternary nitrogens is 1. The zero-order chi connectivity index (χ0) is 45.9. The topological polar surface area (TPSA) is 141 Å². The summed E-state index contributed by atoms with van der Waals surface area (Å²) in [6.07, 6.45) is 35.2. The lowest BCUT2D eigenvalue weighted by molar-refractivity contribution is -0.870. The summed E-state index contributed by atoms with van der Waals surface area (Å²) in [5.41, 5.74) is 2.64. The third-order valence-electron chi connectivity index (χ3n) is 10.5. The van der Waals surface area contributed by atoms with Gasteiger partial charge in [0.1, 0.15) is 31.3 Å². The van der Waals surface area contributed by atoms with Crippen LogP contribution in [0.15, 0.2) is 53.0 Å². The van der Waals surface area contributed by atoms with Crippen molar-refractivity contribution in [3.05, 3.63) is 71.3 Å². The van der Waals surface area contributed by atoms with E-state index in [0.717, 1.165) is 82.8 Å². The first-order chi connectivity index (χ1) is 29.7. The van der Waals surface area contributed by atoms with Crippen LogP contribution in [0.3, 0.4) is 0 Å². The number of aryl methyl sites for hydroxylation is 2. The van der Waals surface area contributed by atoms with E-state index in [1.807, 2.05) is 45.4 Å². The summed E-state index contributed by atoms with van der Waals surface area (Å²) in [7, 11) is 1.07. The summed E-state index contributed by atoms with van der Waals surface area (Å²) in [5, 5.41) is 0. The quantitative estimate of drug-likeness (QED) is 0.0119. The minimum Gasteiger partial charge on any atom is -0.756 e. The Hall–Kier alpha value is -3.08. The van der Waals surface area contributed by atoms with Crippen molar-refractivity contribution in [3.8, 4) is 0 Å². The number of carbonyl (C=O) groups excluding carboxylic acids is 3. The second-order valence-electron chi connectivity index (χ2n) is 17.4. The van der Waals surface area contributed by atoms with Crippen molar-refractivity contribution in [3.63, 3.8) is 0 Å². The van der Waals surface area contributed by atoms with Crippen LogP contribution in [0, 0.1) is 13.8 Å². The molecule has 354 valence electrons. The molecule has 1 aromatic rings. The lowest BCUT2D eigenvalue weighted by Crippen LogP contribution is -2.37. The van der Waals surface area contributed by atoms with Gasteiger partial charge in [-0.15, -0.1) is 0 Å². The number of esters is 2. The van der Waals surface area contributed by atoms with E-state index >= 15 is 0 Å². The van der Waals surface area contributed by atoms with E-state index in [9.17, 15) is 23.8 Å². The molecule has 1 heterocycles. The van der Waals surface area contributed by atoms with Gasteiger partial charge in [-0.1, -0.05) is 121 Å². The molecule has 2 atom stereocenters. The SMILES string of the molecule is CCCCCC(=O)/C=C/C=C\C/C=C\C/C=C\CCCC(=O)O[C@H](COC(=O)CCCCCCCCCCc1oc(CCCCC)c(C)c1C)COP(=O)([O-])OCC[N+](C)(C)C. The fourth-order valence-corrected chi connectivity index (χ4v) is 7.21. The summed E-state index contributed by atoms with van der Waals surface area (Å²) in [6.45, 7) is 8.27. The maximum absolute atomic E-state index is 12.7. The number of unbranched alkanes of at least 4 members (excludes halogenated alkanes) is 12. The molecule has 0 aliphatic carbocycles. The minimum absolute atomic E-state index is 0.0601. The maximum Gasteiger partial charge on any atom is 0.306 e. The fraction of sp³-hybridized carbons (Fsp3) is 0.700. The molecule has 1 unspecified atom stereocenters. The first kappa shape index (κ1) is 56.9. The van der Waals surface area contributed by atoms with Gasteiger partial charge < -0.3 is 32.3 Å². The molecule has 1 rings (SSSR count). The van der Waals surface area contributed by atoms with Gasteiger partial charge >= 0.3 is 11.9 Å². The number of ether oxygens (including phenoxy) is 2. The van der Waals surface area contributed by atoms with Crippen molar-refractivity contribution in [1.29, 1.82) is 0 Å². The van der Waals surface area contributed by atoms with E-state index in [1.165, 1.54) is 49.0 Å². The zero-order valence-corrected chi connectivity index (χ0v) is 40.7. The number of carbonyl (C=O) groups is 3. The van der Waals surface area contributed by atoms with E-state index in [0.29, 0.717) is 36.7 Å². The fourth-order valence-electron chi connectivity index (χ4n) is 6.49. The van der Waals surface area contributed by atoms with Gasteiger partial charge in [-0.05, 0) is 82.4 Å². The van der Waals surface area contributed by atoms with Gasteiger partial charge in [0.2, 0.25) is 0 Å². The van der Waals surface area contributed by atoms with Crippen molar-refractivity contribution in [1.82, 2.24) is 0 Å². The third-order valence-corrected chi connectivity index (χ3v) is 11.5. The first-order valence-corrected chi connectivity index (χ1v) is 25.1. The summed E-state index contributed by atoms with van der Waals surface area (Å²) in [4.78, 5) is 49.5. The smallest absolute Gasteiger partial charge is 0.306 e. The van der Waals surface area contributed by atoms with Gasteiger partial charge in [0.25, 0.3) is 7.82 Å². The Morgan fingerprint density at radius 2 is 1.21 bits per heavy atom. The highest BCUT2D eigenvalue weighted by Gasteiger charge is 2.22. The number of allylic oxidation sites excluding steroid dienone is 8. The van der Waals surface area contributed by atoms with Gasteiger partial charge in [0.05, 0.1) is 27.7 Å². The van der Waals surface area contributed by atoms with Gasteiger partial charge in [-0.3, -0.25) is 18.9 Å².